The second-order valence-corrected chi connectivity index (χ2v) is 7.63. The highest BCUT2D eigenvalue weighted by Crippen LogP contribution is 2.27. The van der Waals surface area contributed by atoms with Crippen LogP contribution in [0.25, 0.3) is 0 Å². The minimum Gasteiger partial charge on any atom is -0.349 e. The molecule has 0 saturated heterocycles. The molecule has 0 aliphatic carbocycles. The fraction of sp³-hybridized carbons (Fsp3) is 0.333. The Labute approximate surface area is 142 Å². The van der Waals surface area contributed by atoms with Gasteiger partial charge in [0.25, 0.3) is 0 Å². The first-order chi connectivity index (χ1) is 10.5. The van der Waals surface area contributed by atoms with Gasteiger partial charge in [-0.3, -0.25) is 9.59 Å². The van der Waals surface area contributed by atoms with Crippen LogP contribution in [0, 0.1) is 0 Å². The van der Waals surface area contributed by atoms with Crippen molar-refractivity contribution < 1.29 is 9.59 Å². The number of carbonyl (C=O) groups is 2. The zero-order chi connectivity index (χ0) is 16.1. The van der Waals surface area contributed by atoms with E-state index >= 15 is 0 Å². The molecule has 0 fully saturated rings. The lowest BCUT2D eigenvalue weighted by atomic mass is 10.1. The predicted molar refractivity (Wildman–Crippen MR) is 91.4 cm³/mol. The fourth-order valence-corrected chi connectivity index (χ4v) is 3.92. The van der Waals surface area contributed by atoms with E-state index in [0.29, 0.717) is 4.34 Å². The van der Waals surface area contributed by atoms with Gasteiger partial charge in [0.2, 0.25) is 11.8 Å². The molecule has 0 spiro atoms. The largest absolute Gasteiger partial charge is 0.349 e. The number of halogens is 1. The molecule has 2 atom stereocenters. The Hall–Kier alpha value is -1.37. The minimum absolute atomic E-state index is 0.105. The van der Waals surface area contributed by atoms with Crippen LogP contribution in [-0.2, 0) is 9.59 Å². The van der Waals surface area contributed by atoms with Crippen molar-refractivity contribution in [1.82, 2.24) is 10.6 Å². The van der Waals surface area contributed by atoms with Crippen LogP contribution in [0.5, 0.6) is 0 Å². The highest BCUT2D eigenvalue weighted by Gasteiger charge is 2.19. The Kier molecular flexibility index (Phi) is 5.99. The van der Waals surface area contributed by atoms with E-state index < -0.39 is 0 Å². The van der Waals surface area contributed by atoms with Crippen LogP contribution < -0.4 is 10.6 Å². The Morgan fingerprint density at radius 2 is 2.00 bits per heavy atom. The van der Waals surface area contributed by atoms with Gasteiger partial charge < -0.3 is 10.6 Å². The van der Waals surface area contributed by atoms with Crippen LogP contribution >= 0.6 is 34.3 Å². The molecule has 2 unspecified atom stereocenters. The van der Waals surface area contributed by atoms with Crippen LogP contribution in [0.4, 0.5) is 0 Å². The Morgan fingerprint density at radius 1 is 1.23 bits per heavy atom. The van der Waals surface area contributed by atoms with Crippen LogP contribution in [0.3, 0.4) is 0 Å². The molecule has 118 valence electrons. The highest BCUT2D eigenvalue weighted by molar-refractivity contribution is 7.16. The lowest BCUT2D eigenvalue weighted by molar-refractivity contribution is -0.123. The lowest BCUT2D eigenvalue weighted by Crippen LogP contribution is -2.33. The quantitative estimate of drug-likeness (QED) is 0.824. The molecule has 2 aromatic rings. The summed E-state index contributed by atoms with van der Waals surface area (Å²) in [4.78, 5) is 25.5. The van der Waals surface area contributed by atoms with Crippen LogP contribution in [0.15, 0.2) is 29.6 Å². The predicted octanol–water partition coefficient (Wildman–Crippen LogP) is 3.91. The summed E-state index contributed by atoms with van der Waals surface area (Å²) in [5, 5.41) is 7.69. The second-order valence-electron chi connectivity index (χ2n) is 4.90. The number of thiophene rings is 2. The summed E-state index contributed by atoms with van der Waals surface area (Å²) in [5.41, 5.74) is 0. The normalized spacial score (nSPS) is 13.4. The SMILES string of the molecule is CC(=O)NC(CC(=O)NC(C)c1ccc(Cl)s1)c1cccs1. The van der Waals surface area contributed by atoms with Gasteiger partial charge in [0.1, 0.15) is 0 Å². The van der Waals surface area contributed by atoms with Gasteiger partial charge in [0.05, 0.1) is 22.8 Å². The summed E-state index contributed by atoms with van der Waals surface area (Å²) in [6.45, 7) is 3.37. The van der Waals surface area contributed by atoms with Crippen molar-refractivity contribution >= 4 is 46.1 Å². The van der Waals surface area contributed by atoms with Gasteiger partial charge in [-0.05, 0) is 30.5 Å². The highest BCUT2D eigenvalue weighted by atomic mass is 35.5. The van der Waals surface area contributed by atoms with Crippen molar-refractivity contribution in [2.75, 3.05) is 0 Å². The molecule has 0 aromatic carbocycles. The van der Waals surface area contributed by atoms with Crippen molar-refractivity contribution in [2.45, 2.75) is 32.4 Å². The first-order valence-electron chi connectivity index (χ1n) is 6.81. The summed E-state index contributed by atoms with van der Waals surface area (Å²) in [5.74, 6) is -0.256. The van der Waals surface area contributed by atoms with E-state index in [1.54, 1.807) is 0 Å². The number of hydrogen-bond acceptors (Lipinski definition) is 4. The molecule has 2 rings (SSSR count). The zero-order valence-corrected chi connectivity index (χ0v) is 14.6. The average molecular weight is 357 g/mol. The van der Waals surface area contributed by atoms with E-state index in [2.05, 4.69) is 10.6 Å². The third-order valence-corrected chi connectivity index (χ3v) is 5.45. The van der Waals surface area contributed by atoms with E-state index in [0.717, 1.165) is 9.75 Å². The molecular formula is C15H17ClN2O2S2. The summed E-state index contributed by atoms with van der Waals surface area (Å²) in [6, 6.07) is 7.14. The van der Waals surface area contributed by atoms with Gasteiger partial charge >= 0.3 is 0 Å². The molecule has 2 heterocycles. The van der Waals surface area contributed by atoms with Gasteiger partial charge in [-0.15, -0.1) is 22.7 Å². The van der Waals surface area contributed by atoms with Gasteiger partial charge in [-0.1, -0.05) is 17.7 Å². The molecule has 0 radical (unpaired) electrons. The van der Waals surface area contributed by atoms with E-state index in [4.69, 9.17) is 11.6 Å². The maximum Gasteiger partial charge on any atom is 0.222 e. The lowest BCUT2D eigenvalue weighted by Gasteiger charge is -2.18. The minimum atomic E-state index is -0.295. The van der Waals surface area contributed by atoms with Gasteiger partial charge in [0, 0.05) is 16.7 Å². The van der Waals surface area contributed by atoms with Crippen LogP contribution in [0.2, 0.25) is 4.34 Å². The summed E-state index contributed by atoms with van der Waals surface area (Å²) in [7, 11) is 0. The van der Waals surface area contributed by atoms with E-state index in [9.17, 15) is 9.59 Å². The molecule has 22 heavy (non-hydrogen) atoms. The number of nitrogens with one attached hydrogen (secondary N) is 2. The molecular weight excluding hydrogens is 340 g/mol. The van der Waals surface area contributed by atoms with E-state index in [1.165, 1.54) is 29.6 Å². The van der Waals surface area contributed by atoms with Gasteiger partial charge in [-0.2, -0.15) is 0 Å². The van der Waals surface area contributed by atoms with E-state index in [-0.39, 0.29) is 30.3 Å². The second kappa shape index (κ2) is 7.76. The Morgan fingerprint density at radius 3 is 2.55 bits per heavy atom. The van der Waals surface area contributed by atoms with Crippen molar-refractivity contribution in [3.8, 4) is 0 Å². The van der Waals surface area contributed by atoms with Crippen molar-refractivity contribution in [3.05, 3.63) is 43.7 Å². The number of rotatable bonds is 6. The van der Waals surface area contributed by atoms with Gasteiger partial charge in [-0.25, -0.2) is 0 Å². The molecule has 0 bridgehead atoms. The average Bonchev–Trinajstić information content (AvgIpc) is 3.08. The summed E-state index contributed by atoms with van der Waals surface area (Å²) < 4.78 is 0.700. The summed E-state index contributed by atoms with van der Waals surface area (Å²) >= 11 is 8.88. The first-order valence-corrected chi connectivity index (χ1v) is 8.88. The molecule has 0 saturated carbocycles. The topological polar surface area (TPSA) is 58.2 Å². The summed E-state index contributed by atoms with van der Waals surface area (Å²) in [6.07, 6.45) is 0.212. The maximum absolute atomic E-state index is 12.2. The number of carbonyl (C=O) groups excluding carboxylic acids is 2. The number of amides is 2. The van der Waals surface area contributed by atoms with Crippen LogP contribution in [0.1, 0.15) is 42.1 Å². The van der Waals surface area contributed by atoms with Crippen LogP contribution in [-0.4, -0.2) is 11.8 Å². The van der Waals surface area contributed by atoms with Crippen molar-refractivity contribution in [1.29, 1.82) is 0 Å². The molecule has 0 aliphatic heterocycles. The third-order valence-electron chi connectivity index (χ3n) is 3.05. The smallest absolute Gasteiger partial charge is 0.222 e. The fourth-order valence-electron chi connectivity index (χ4n) is 2.08. The standard InChI is InChI=1S/C15H17ClN2O2S2/c1-9(12-5-6-14(16)22-12)17-15(20)8-11(18-10(2)19)13-4-3-7-21-13/h3-7,9,11H,8H2,1-2H3,(H,17,20)(H,18,19). The molecule has 2 amide bonds. The molecule has 4 nitrogen and oxygen atoms in total. The number of hydrogen-bond donors (Lipinski definition) is 2. The van der Waals surface area contributed by atoms with Crippen molar-refractivity contribution in [2.24, 2.45) is 0 Å². The molecule has 2 aromatic heterocycles. The Balaban J connectivity index is 1.97. The van der Waals surface area contributed by atoms with Crippen molar-refractivity contribution in [3.63, 3.8) is 0 Å². The molecule has 7 heteroatoms. The third kappa shape index (κ3) is 4.83. The molecule has 0 aliphatic rings. The molecule has 2 N–H and O–H groups in total. The van der Waals surface area contributed by atoms with Gasteiger partial charge in [0.15, 0.2) is 0 Å². The Bertz CT molecular complexity index is 640. The monoisotopic (exact) mass is 356 g/mol. The van der Waals surface area contributed by atoms with E-state index in [1.807, 2.05) is 36.6 Å². The maximum atomic E-state index is 12.2. The zero-order valence-electron chi connectivity index (χ0n) is 12.3. The first kappa shape index (κ1) is 17.0.